The number of ether oxygens (including phenoxy) is 1. The molecule has 25 heavy (non-hydrogen) atoms. The fourth-order valence-electron chi connectivity index (χ4n) is 2.96. The average molecular weight is 337 g/mol. The zero-order chi connectivity index (χ0) is 17.6. The second kappa shape index (κ2) is 8.19. The van der Waals surface area contributed by atoms with Crippen molar-refractivity contribution in [3.63, 3.8) is 0 Å². The molecule has 0 saturated heterocycles. The SMILES string of the molecule is CN(C)CCOc1cccc(CN(C)Cc2cc3ccccc3[nH]2)c1. The summed E-state index contributed by atoms with van der Waals surface area (Å²) in [6.07, 6.45) is 0. The van der Waals surface area contributed by atoms with Crippen LogP contribution in [-0.4, -0.2) is 49.1 Å². The lowest BCUT2D eigenvalue weighted by molar-refractivity contribution is 0.260. The number of rotatable bonds is 8. The third-order valence-electron chi connectivity index (χ3n) is 4.18. The van der Waals surface area contributed by atoms with E-state index in [4.69, 9.17) is 4.74 Å². The van der Waals surface area contributed by atoms with Crippen LogP contribution in [0.5, 0.6) is 5.75 Å². The molecule has 1 aromatic heterocycles. The first-order valence-corrected chi connectivity index (χ1v) is 8.72. The normalized spacial score (nSPS) is 11.6. The van der Waals surface area contributed by atoms with Crippen molar-refractivity contribution in [1.29, 1.82) is 0 Å². The summed E-state index contributed by atoms with van der Waals surface area (Å²) in [5.41, 5.74) is 3.70. The summed E-state index contributed by atoms with van der Waals surface area (Å²) >= 11 is 0. The van der Waals surface area contributed by atoms with Crippen molar-refractivity contribution in [2.45, 2.75) is 13.1 Å². The standard InChI is InChI=1S/C21H27N3O/c1-23(2)11-12-25-20-9-6-7-17(13-20)15-24(3)16-19-14-18-8-4-5-10-21(18)22-19/h4-10,13-14,22H,11-12,15-16H2,1-3H3. The molecule has 1 heterocycles. The van der Waals surface area contributed by atoms with Crippen LogP contribution in [0.25, 0.3) is 10.9 Å². The van der Waals surface area contributed by atoms with Crippen LogP contribution in [0.15, 0.2) is 54.6 Å². The van der Waals surface area contributed by atoms with E-state index in [1.807, 2.05) is 6.07 Å². The summed E-state index contributed by atoms with van der Waals surface area (Å²) in [6, 6.07) is 19.0. The molecule has 3 rings (SSSR count). The minimum absolute atomic E-state index is 0.710. The lowest BCUT2D eigenvalue weighted by Gasteiger charge is -2.17. The van der Waals surface area contributed by atoms with Gasteiger partial charge in [0.15, 0.2) is 0 Å². The molecule has 3 aromatic rings. The number of likely N-dealkylation sites (N-methyl/N-ethyl adjacent to an activating group) is 1. The van der Waals surface area contributed by atoms with Crippen LogP contribution in [0, 0.1) is 0 Å². The summed E-state index contributed by atoms with van der Waals surface area (Å²) in [6.45, 7) is 3.41. The first kappa shape index (κ1) is 17.5. The van der Waals surface area contributed by atoms with E-state index < -0.39 is 0 Å². The van der Waals surface area contributed by atoms with Crippen molar-refractivity contribution in [2.75, 3.05) is 34.3 Å². The molecule has 0 aliphatic carbocycles. The van der Waals surface area contributed by atoms with Gasteiger partial charge in [0.1, 0.15) is 12.4 Å². The number of aromatic amines is 1. The summed E-state index contributed by atoms with van der Waals surface area (Å²) in [4.78, 5) is 7.92. The maximum atomic E-state index is 5.83. The molecular weight excluding hydrogens is 310 g/mol. The van der Waals surface area contributed by atoms with Crippen molar-refractivity contribution >= 4 is 10.9 Å². The molecule has 0 aliphatic heterocycles. The molecule has 4 nitrogen and oxygen atoms in total. The molecule has 132 valence electrons. The summed E-state index contributed by atoms with van der Waals surface area (Å²) in [7, 11) is 6.25. The molecule has 0 bridgehead atoms. The van der Waals surface area contributed by atoms with Gasteiger partial charge in [-0.2, -0.15) is 0 Å². The fraction of sp³-hybridized carbons (Fsp3) is 0.333. The lowest BCUT2D eigenvalue weighted by atomic mass is 10.2. The number of hydrogen-bond donors (Lipinski definition) is 1. The Labute approximate surface area is 150 Å². The first-order chi connectivity index (χ1) is 12.1. The maximum Gasteiger partial charge on any atom is 0.119 e. The van der Waals surface area contributed by atoms with Gasteiger partial charge in [-0.1, -0.05) is 30.3 Å². The van der Waals surface area contributed by atoms with E-state index in [0.29, 0.717) is 6.61 Å². The topological polar surface area (TPSA) is 31.5 Å². The highest BCUT2D eigenvalue weighted by Gasteiger charge is 2.06. The van der Waals surface area contributed by atoms with Crippen LogP contribution < -0.4 is 4.74 Å². The summed E-state index contributed by atoms with van der Waals surface area (Å²) in [5, 5.41) is 1.27. The van der Waals surface area contributed by atoms with Gasteiger partial charge in [-0.3, -0.25) is 4.90 Å². The molecule has 0 fully saturated rings. The predicted molar refractivity (Wildman–Crippen MR) is 104 cm³/mol. The Morgan fingerprint density at radius 3 is 2.56 bits per heavy atom. The van der Waals surface area contributed by atoms with Crippen molar-refractivity contribution < 1.29 is 4.74 Å². The van der Waals surface area contributed by atoms with Crippen LogP contribution in [0.4, 0.5) is 0 Å². The van der Waals surface area contributed by atoms with Crippen molar-refractivity contribution in [3.8, 4) is 5.75 Å². The van der Waals surface area contributed by atoms with Crippen LogP contribution in [0.1, 0.15) is 11.3 Å². The van der Waals surface area contributed by atoms with Crippen LogP contribution >= 0.6 is 0 Å². The molecule has 0 saturated carbocycles. The van der Waals surface area contributed by atoms with Gasteiger partial charge < -0.3 is 14.6 Å². The third-order valence-corrected chi connectivity index (χ3v) is 4.18. The van der Waals surface area contributed by atoms with Gasteiger partial charge in [0.05, 0.1) is 0 Å². The van der Waals surface area contributed by atoms with Crippen LogP contribution in [0.3, 0.4) is 0 Å². The summed E-state index contributed by atoms with van der Waals surface area (Å²) in [5.74, 6) is 0.943. The smallest absolute Gasteiger partial charge is 0.119 e. The number of aromatic nitrogens is 1. The molecule has 0 radical (unpaired) electrons. The molecule has 1 N–H and O–H groups in total. The van der Waals surface area contributed by atoms with Crippen molar-refractivity contribution in [2.24, 2.45) is 0 Å². The Kier molecular flexibility index (Phi) is 5.74. The highest BCUT2D eigenvalue weighted by molar-refractivity contribution is 5.80. The number of benzene rings is 2. The average Bonchev–Trinajstić information content (AvgIpc) is 2.96. The van der Waals surface area contributed by atoms with E-state index >= 15 is 0 Å². The van der Waals surface area contributed by atoms with Crippen LogP contribution in [-0.2, 0) is 13.1 Å². The molecule has 4 heteroatoms. The quantitative estimate of drug-likeness (QED) is 0.679. The largest absolute Gasteiger partial charge is 0.492 e. The second-order valence-corrected chi connectivity index (χ2v) is 6.85. The Balaban J connectivity index is 1.57. The number of H-pyrrole nitrogens is 1. The highest BCUT2D eigenvalue weighted by Crippen LogP contribution is 2.18. The lowest BCUT2D eigenvalue weighted by Crippen LogP contribution is -2.19. The second-order valence-electron chi connectivity index (χ2n) is 6.85. The van der Waals surface area contributed by atoms with Crippen molar-refractivity contribution in [3.05, 3.63) is 65.9 Å². The number of para-hydroxylation sites is 1. The highest BCUT2D eigenvalue weighted by atomic mass is 16.5. The van der Waals surface area contributed by atoms with Gasteiger partial charge in [-0.05, 0) is 56.4 Å². The predicted octanol–water partition coefficient (Wildman–Crippen LogP) is 3.74. The molecule has 0 amide bonds. The number of fused-ring (bicyclic) bond motifs is 1. The Morgan fingerprint density at radius 1 is 0.920 bits per heavy atom. The van der Waals surface area contributed by atoms with E-state index in [-0.39, 0.29) is 0 Å². The Hall–Kier alpha value is -2.30. The number of hydrogen-bond acceptors (Lipinski definition) is 3. The van der Waals surface area contributed by atoms with E-state index in [1.54, 1.807) is 0 Å². The van der Waals surface area contributed by atoms with Gasteiger partial charge >= 0.3 is 0 Å². The minimum atomic E-state index is 0.710. The molecule has 2 aromatic carbocycles. The Morgan fingerprint density at radius 2 is 1.76 bits per heavy atom. The zero-order valence-corrected chi connectivity index (χ0v) is 15.3. The van der Waals surface area contributed by atoms with Gasteiger partial charge in [0.25, 0.3) is 0 Å². The van der Waals surface area contributed by atoms with E-state index in [9.17, 15) is 0 Å². The van der Waals surface area contributed by atoms with Gasteiger partial charge in [0.2, 0.25) is 0 Å². The van der Waals surface area contributed by atoms with Crippen LogP contribution in [0.2, 0.25) is 0 Å². The third kappa shape index (κ3) is 5.08. The minimum Gasteiger partial charge on any atom is -0.492 e. The van der Waals surface area contributed by atoms with E-state index in [0.717, 1.165) is 25.4 Å². The number of nitrogens with one attached hydrogen (secondary N) is 1. The molecule has 0 spiro atoms. The zero-order valence-electron chi connectivity index (χ0n) is 15.3. The van der Waals surface area contributed by atoms with Gasteiger partial charge in [-0.25, -0.2) is 0 Å². The Bertz CT molecular complexity index is 777. The maximum absolute atomic E-state index is 5.83. The molecule has 0 aliphatic rings. The van der Waals surface area contributed by atoms with Crippen molar-refractivity contribution in [1.82, 2.24) is 14.8 Å². The van der Waals surface area contributed by atoms with Gasteiger partial charge in [0, 0.05) is 30.8 Å². The van der Waals surface area contributed by atoms with E-state index in [2.05, 4.69) is 84.5 Å². The molecule has 0 unspecified atom stereocenters. The summed E-state index contributed by atoms with van der Waals surface area (Å²) < 4.78 is 5.83. The first-order valence-electron chi connectivity index (χ1n) is 8.72. The molecule has 0 atom stereocenters. The van der Waals surface area contributed by atoms with E-state index in [1.165, 1.54) is 22.2 Å². The number of nitrogens with zero attached hydrogens (tertiary/aromatic N) is 2. The fourth-order valence-corrected chi connectivity index (χ4v) is 2.96. The monoisotopic (exact) mass is 337 g/mol. The molecular formula is C21H27N3O. The van der Waals surface area contributed by atoms with Gasteiger partial charge in [-0.15, -0.1) is 0 Å².